The highest BCUT2D eigenvalue weighted by molar-refractivity contribution is 6.34. The smallest absolute Gasteiger partial charge is 0.260 e. The van der Waals surface area contributed by atoms with E-state index >= 15 is 0 Å². The molecule has 0 spiro atoms. The van der Waals surface area contributed by atoms with E-state index in [1.165, 1.54) is 18.0 Å². The number of carbonyl (C=O) groups is 3. The first kappa shape index (κ1) is 21.9. The number of benzene rings is 2. The molecule has 0 aliphatic carbocycles. The van der Waals surface area contributed by atoms with E-state index in [9.17, 15) is 14.4 Å². The number of carbonyl (C=O) groups excluding carboxylic acids is 3. The molecule has 1 aliphatic heterocycles. The van der Waals surface area contributed by atoms with Gasteiger partial charge in [-0.25, -0.2) is 0 Å². The van der Waals surface area contributed by atoms with Crippen molar-refractivity contribution in [1.29, 1.82) is 0 Å². The fraction of sp³-hybridized carbons (Fsp3) is 0.286. The third-order valence-electron chi connectivity index (χ3n) is 4.67. The van der Waals surface area contributed by atoms with Crippen LogP contribution in [0.2, 0.25) is 10.0 Å². The van der Waals surface area contributed by atoms with Crippen LogP contribution in [-0.2, 0) is 14.4 Å². The topological polar surface area (TPSA) is 79.0 Å². The number of rotatable bonds is 5. The number of amides is 3. The monoisotopic (exact) mass is 449 g/mol. The molecule has 1 heterocycles. The Labute approximate surface area is 184 Å². The van der Waals surface area contributed by atoms with Crippen LogP contribution in [-0.4, -0.2) is 48.9 Å². The van der Waals surface area contributed by atoms with Gasteiger partial charge in [-0.3, -0.25) is 14.4 Å². The molecule has 0 saturated heterocycles. The van der Waals surface area contributed by atoms with Crippen molar-refractivity contribution in [2.45, 2.75) is 19.4 Å². The van der Waals surface area contributed by atoms with Gasteiger partial charge in [-0.1, -0.05) is 35.3 Å². The summed E-state index contributed by atoms with van der Waals surface area (Å²) in [6.07, 6.45) is 0.161. The highest BCUT2D eigenvalue weighted by atomic mass is 35.5. The molecule has 9 heteroatoms. The van der Waals surface area contributed by atoms with Crippen LogP contribution in [0.25, 0.3) is 0 Å². The molecule has 2 aromatic carbocycles. The lowest BCUT2D eigenvalue weighted by atomic mass is 10.1. The van der Waals surface area contributed by atoms with Gasteiger partial charge in [0.1, 0.15) is 5.75 Å². The maximum Gasteiger partial charge on any atom is 0.260 e. The quantitative estimate of drug-likeness (QED) is 0.755. The van der Waals surface area contributed by atoms with Crippen molar-refractivity contribution in [3.8, 4) is 5.75 Å². The molecule has 0 aromatic heterocycles. The van der Waals surface area contributed by atoms with E-state index in [2.05, 4.69) is 5.32 Å². The molecule has 0 saturated carbocycles. The normalized spacial score (nSPS) is 15.7. The first-order valence-corrected chi connectivity index (χ1v) is 10.0. The van der Waals surface area contributed by atoms with Crippen LogP contribution in [0.15, 0.2) is 42.5 Å². The minimum atomic E-state index is -0.399. The van der Waals surface area contributed by atoms with E-state index in [0.29, 0.717) is 21.4 Å². The highest BCUT2D eigenvalue weighted by Crippen LogP contribution is 2.31. The first-order chi connectivity index (χ1) is 14.3. The molecule has 1 atom stereocenters. The summed E-state index contributed by atoms with van der Waals surface area (Å²) in [7, 11) is 1.51. The van der Waals surface area contributed by atoms with Crippen molar-refractivity contribution in [3.63, 3.8) is 0 Å². The molecule has 3 rings (SSSR count). The summed E-state index contributed by atoms with van der Waals surface area (Å²) in [6, 6.07) is 11.4. The molecule has 1 unspecified atom stereocenters. The molecule has 1 N–H and O–H groups in total. The van der Waals surface area contributed by atoms with Gasteiger partial charge in [-0.05, 0) is 31.2 Å². The van der Waals surface area contributed by atoms with Crippen LogP contribution in [0.3, 0.4) is 0 Å². The molecule has 7 nitrogen and oxygen atoms in total. The van der Waals surface area contributed by atoms with E-state index in [-0.39, 0.29) is 43.2 Å². The summed E-state index contributed by atoms with van der Waals surface area (Å²) < 4.78 is 5.45. The largest absolute Gasteiger partial charge is 0.482 e. The lowest BCUT2D eigenvalue weighted by Gasteiger charge is -2.29. The Morgan fingerprint density at radius 3 is 2.73 bits per heavy atom. The van der Waals surface area contributed by atoms with E-state index in [1.54, 1.807) is 48.2 Å². The van der Waals surface area contributed by atoms with Gasteiger partial charge in [-0.2, -0.15) is 0 Å². The number of halogens is 2. The zero-order chi connectivity index (χ0) is 21.8. The average Bonchev–Trinajstić information content (AvgIpc) is 2.82. The van der Waals surface area contributed by atoms with Gasteiger partial charge >= 0.3 is 0 Å². The Balaban J connectivity index is 1.68. The van der Waals surface area contributed by atoms with E-state index in [1.807, 2.05) is 0 Å². The molecule has 1 aliphatic rings. The Bertz CT molecular complexity index is 982. The van der Waals surface area contributed by atoms with Crippen molar-refractivity contribution >= 4 is 52.3 Å². The molecular formula is C21H21Cl2N3O4. The molecule has 30 heavy (non-hydrogen) atoms. The van der Waals surface area contributed by atoms with Gasteiger partial charge in [0, 0.05) is 30.6 Å². The van der Waals surface area contributed by atoms with Crippen LogP contribution in [0.1, 0.15) is 13.3 Å². The number of nitrogens with one attached hydrogen (secondary N) is 1. The Kier molecular flexibility index (Phi) is 6.84. The van der Waals surface area contributed by atoms with E-state index in [0.717, 1.165) is 0 Å². The summed E-state index contributed by atoms with van der Waals surface area (Å²) in [5.41, 5.74) is 1.16. The average molecular weight is 450 g/mol. The number of nitrogens with zero attached hydrogens (tertiary/aromatic N) is 2. The lowest BCUT2D eigenvalue weighted by molar-refractivity contribution is -0.135. The Morgan fingerprint density at radius 2 is 1.97 bits per heavy atom. The van der Waals surface area contributed by atoms with Crippen molar-refractivity contribution in [3.05, 3.63) is 52.5 Å². The molecular weight excluding hydrogens is 429 g/mol. The number of fused-ring (bicyclic) bond motifs is 1. The molecule has 158 valence electrons. The van der Waals surface area contributed by atoms with Gasteiger partial charge in [0.15, 0.2) is 6.61 Å². The van der Waals surface area contributed by atoms with Gasteiger partial charge < -0.3 is 19.9 Å². The summed E-state index contributed by atoms with van der Waals surface area (Å²) in [4.78, 5) is 40.4. The fourth-order valence-corrected chi connectivity index (χ4v) is 3.51. The summed E-state index contributed by atoms with van der Waals surface area (Å²) in [5, 5.41) is 3.57. The lowest BCUT2D eigenvalue weighted by Crippen LogP contribution is -2.46. The maximum absolute atomic E-state index is 13.0. The van der Waals surface area contributed by atoms with Crippen LogP contribution in [0.4, 0.5) is 11.4 Å². The minimum absolute atomic E-state index is 0.161. The van der Waals surface area contributed by atoms with E-state index < -0.39 is 5.91 Å². The minimum Gasteiger partial charge on any atom is -0.482 e. The number of hydrogen-bond acceptors (Lipinski definition) is 4. The third kappa shape index (κ3) is 5.04. The third-order valence-corrected chi connectivity index (χ3v) is 5.22. The number of hydrogen-bond donors (Lipinski definition) is 1. The highest BCUT2D eigenvalue weighted by Gasteiger charge is 2.30. The summed E-state index contributed by atoms with van der Waals surface area (Å²) >= 11 is 11.9. The predicted octanol–water partition coefficient (Wildman–Crippen LogP) is 3.59. The van der Waals surface area contributed by atoms with Crippen LogP contribution < -0.4 is 15.0 Å². The van der Waals surface area contributed by atoms with Gasteiger partial charge in [0.05, 0.1) is 22.9 Å². The number of para-hydroxylation sites is 2. The zero-order valence-corrected chi connectivity index (χ0v) is 18.0. The van der Waals surface area contributed by atoms with E-state index in [4.69, 9.17) is 27.9 Å². The van der Waals surface area contributed by atoms with Crippen molar-refractivity contribution < 1.29 is 19.1 Å². The predicted molar refractivity (Wildman–Crippen MR) is 116 cm³/mol. The van der Waals surface area contributed by atoms with Crippen molar-refractivity contribution in [2.75, 3.05) is 30.4 Å². The van der Waals surface area contributed by atoms with Gasteiger partial charge in [0.2, 0.25) is 11.8 Å². The van der Waals surface area contributed by atoms with Crippen LogP contribution in [0, 0.1) is 0 Å². The van der Waals surface area contributed by atoms with Gasteiger partial charge in [0.25, 0.3) is 5.91 Å². The first-order valence-electron chi connectivity index (χ1n) is 9.29. The summed E-state index contributed by atoms with van der Waals surface area (Å²) in [5.74, 6) is -0.578. The number of likely N-dealkylation sites (N-methyl/N-ethyl adjacent to an activating group) is 1. The van der Waals surface area contributed by atoms with Crippen molar-refractivity contribution in [1.82, 2.24) is 4.90 Å². The molecule has 0 radical (unpaired) electrons. The standard InChI is InChI=1S/C21H21Cl2N3O4/c1-13-9-19(27)24-16-5-3-4-6-17(16)26(13)20(28)11-25(2)21(29)12-30-18-10-14(22)7-8-15(18)23/h3-8,10,13H,9,11-12H2,1-2H3,(H,24,27). The molecule has 2 aromatic rings. The fourth-order valence-electron chi connectivity index (χ4n) is 3.17. The number of anilines is 2. The second-order valence-electron chi connectivity index (χ2n) is 7.00. The second kappa shape index (κ2) is 9.36. The van der Waals surface area contributed by atoms with Crippen LogP contribution >= 0.6 is 23.2 Å². The van der Waals surface area contributed by atoms with Crippen LogP contribution in [0.5, 0.6) is 5.75 Å². The summed E-state index contributed by atoms with van der Waals surface area (Å²) in [6.45, 7) is 1.33. The van der Waals surface area contributed by atoms with Crippen molar-refractivity contribution in [2.24, 2.45) is 0 Å². The molecule has 3 amide bonds. The molecule has 0 bridgehead atoms. The van der Waals surface area contributed by atoms with Gasteiger partial charge in [-0.15, -0.1) is 0 Å². The zero-order valence-electron chi connectivity index (χ0n) is 16.5. The Morgan fingerprint density at radius 1 is 1.23 bits per heavy atom. The Hall–Kier alpha value is -2.77. The number of ether oxygens (including phenoxy) is 1. The SMILES string of the molecule is CC1CC(=O)Nc2ccccc2N1C(=O)CN(C)C(=O)COc1cc(Cl)ccc1Cl. The molecule has 0 fully saturated rings. The maximum atomic E-state index is 13.0. The second-order valence-corrected chi connectivity index (χ2v) is 7.84.